The Morgan fingerprint density at radius 3 is 2.24 bits per heavy atom. The van der Waals surface area contributed by atoms with E-state index in [9.17, 15) is 4.79 Å². The lowest BCUT2D eigenvalue weighted by atomic mass is 10.1. The molecule has 0 radical (unpaired) electrons. The SMILES string of the molecule is C\C=C/C=C\C=C\CCCN.Cc1ccc(-n2c(CCC=O)nnc2SCc2cc(C)cc(C)c2)cc1. The number of allylic oxidation sites excluding steroid dienone is 6. The maximum absolute atomic E-state index is 10.8. The van der Waals surface area contributed by atoms with Crippen LogP contribution in [0, 0.1) is 20.8 Å². The smallest absolute Gasteiger partial charge is 0.196 e. The molecule has 0 aliphatic heterocycles. The van der Waals surface area contributed by atoms with Crippen molar-refractivity contribution >= 4 is 18.0 Å². The van der Waals surface area contributed by atoms with Crippen molar-refractivity contribution in [1.82, 2.24) is 14.8 Å². The predicted octanol–water partition coefficient (Wildman–Crippen LogP) is 7.03. The number of unbranched alkanes of at least 4 members (excludes halogenated alkanes) is 1. The average molecular weight is 517 g/mol. The van der Waals surface area contributed by atoms with Crippen molar-refractivity contribution in [3.8, 4) is 5.69 Å². The van der Waals surface area contributed by atoms with Gasteiger partial charge in [-0.25, -0.2) is 0 Å². The normalized spacial score (nSPS) is 11.4. The Morgan fingerprint density at radius 1 is 0.892 bits per heavy atom. The molecule has 2 aromatic carbocycles. The molecule has 0 atom stereocenters. The molecule has 0 saturated heterocycles. The molecular weight excluding hydrogens is 476 g/mol. The molecule has 0 unspecified atom stereocenters. The summed E-state index contributed by atoms with van der Waals surface area (Å²) >= 11 is 1.67. The first-order valence-corrected chi connectivity index (χ1v) is 13.8. The summed E-state index contributed by atoms with van der Waals surface area (Å²) in [5.41, 5.74) is 11.4. The van der Waals surface area contributed by atoms with Crippen molar-refractivity contribution in [3.63, 3.8) is 0 Å². The van der Waals surface area contributed by atoms with Gasteiger partial charge in [0, 0.05) is 24.3 Å². The van der Waals surface area contributed by atoms with E-state index >= 15 is 0 Å². The molecule has 0 fully saturated rings. The fraction of sp³-hybridized carbons (Fsp3) is 0.323. The van der Waals surface area contributed by atoms with Gasteiger partial charge in [-0.2, -0.15) is 0 Å². The maximum atomic E-state index is 10.8. The van der Waals surface area contributed by atoms with Gasteiger partial charge in [0.15, 0.2) is 5.16 Å². The molecule has 1 aromatic heterocycles. The zero-order chi connectivity index (χ0) is 26.9. The topological polar surface area (TPSA) is 73.8 Å². The van der Waals surface area contributed by atoms with Gasteiger partial charge in [0.25, 0.3) is 0 Å². The molecule has 0 bridgehead atoms. The van der Waals surface area contributed by atoms with E-state index in [0.717, 1.165) is 48.1 Å². The standard InChI is InChI=1S/C21H23N3OS.C10H17N/c1-15-6-8-19(9-7-15)24-20(5-4-10-25)22-23-21(24)26-14-18-12-16(2)11-17(3)13-18;1-2-3-4-5-6-7-8-9-10-11/h6-13H,4-5,14H2,1-3H3;2-7H,8-11H2,1H3/b;3-2-,5-4-,7-6+. The molecule has 37 heavy (non-hydrogen) atoms. The maximum Gasteiger partial charge on any atom is 0.196 e. The van der Waals surface area contributed by atoms with Gasteiger partial charge in [-0.1, -0.05) is 95.2 Å². The summed E-state index contributed by atoms with van der Waals surface area (Å²) in [5.74, 6) is 1.66. The van der Waals surface area contributed by atoms with Crippen LogP contribution in [0.3, 0.4) is 0 Å². The molecule has 1 heterocycles. The summed E-state index contributed by atoms with van der Waals surface area (Å²) in [6.07, 6.45) is 16.4. The van der Waals surface area contributed by atoms with Gasteiger partial charge >= 0.3 is 0 Å². The quantitative estimate of drug-likeness (QED) is 0.121. The Bertz CT molecular complexity index is 1160. The molecule has 3 aromatic rings. The van der Waals surface area contributed by atoms with Crippen LogP contribution in [0.15, 0.2) is 84.1 Å². The lowest BCUT2D eigenvalue weighted by Crippen LogP contribution is -2.03. The van der Waals surface area contributed by atoms with Gasteiger partial charge in [-0.05, 0) is 64.8 Å². The highest BCUT2D eigenvalue weighted by atomic mass is 32.2. The molecule has 0 saturated carbocycles. The van der Waals surface area contributed by atoms with E-state index in [4.69, 9.17) is 5.73 Å². The molecule has 196 valence electrons. The second-order valence-electron chi connectivity index (χ2n) is 8.83. The van der Waals surface area contributed by atoms with Crippen molar-refractivity contribution in [2.45, 2.75) is 64.3 Å². The number of aromatic nitrogens is 3. The molecule has 0 aliphatic rings. The number of rotatable bonds is 12. The van der Waals surface area contributed by atoms with Gasteiger partial charge in [0.05, 0.1) is 0 Å². The summed E-state index contributed by atoms with van der Waals surface area (Å²) in [6.45, 7) is 9.09. The molecular formula is C31H40N4OS. The minimum atomic E-state index is 0.450. The molecule has 5 nitrogen and oxygen atoms in total. The van der Waals surface area contributed by atoms with Gasteiger partial charge in [-0.3, -0.25) is 4.57 Å². The van der Waals surface area contributed by atoms with Gasteiger partial charge < -0.3 is 10.5 Å². The Kier molecular flexibility index (Phi) is 14.0. The van der Waals surface area contributed by atoms with E-state index in [1.165, 1.54) is 22.3 Å². The van der Waals surface area contributed by atoms with Crippen LogP contribution in [0.1, 0.15) is 54.3 Å². The van der Waals surface area contributed by atoms with Crippen molar-refractivity contribution < 1.29 is 4.79 Å². The largest absolute Gasteiger partial charge is 0.330 e. The Balaban J connectivity index is 0.000000371. The second-order valence-corrected chi connectivity index (χ2v) is 9.77. The van der Waals surface area contributed by atoms with Gasteiger partial charge in [-0.15, -0.1) is 10.2 Å². The fourth-order valence-electron chi connectivity index (χ4n) is 3.65. The minimum Gasteiger partial charge on any atom is -0.330 e. The number of hydrogen-bond acceptors (Lipinski definition) is 5. The minimum absolute atomic E-state index is 0.450. The number of thioether (sulfide) groups is 1. The number of aldehydes is 1. The highest BCUT2D eigenvalue weighted by Crippen LogP contribution is 2.26. The van der Waals surface area contributed by atoms with Crippen molar-refractivity contribution in [2.75, 3.05) is 6.54 Å². The molecule has 6 heteroatoms. The van der Waals surface area contributed by atoms with Crippen LogP contribution in [-0.4, -0.2) is 27.6 Å². The van der Waals surface area contributed by atoms with Crippen LogP contribution in [0.4, 0.5) is 0 Å². The summed E-state index contributed by atoms with van der Waals surface area (Å²) in [5, 5.41) is 9.58. The first-order chi connectivity index (χ1) is 18.0. The monoisotopic (exact) mass is 516 g/mol. The highest BCUT2D eigenvalue weighted by molar-refractivity contribution is 7.98. The number of carbonyl (C=O) groups is 1. The number of nitrogens with two attached hydrogens (primary N) is 1. The number of carbonyl (C=O) groups excluding carboxylic acids is 1. The molecule has 0 spiro atoms. The average Bonchev–Trinajstić information content (AvgIpc) is 3.29. The van der Waals surface area contributed by atoms with E-state index in [1.807, 2.05) is 31.2 Å². The first kappa shape index (κ1) is 30.0. The van der Waals surface area contributed by atoms with Crippen LogP contribution in [0.2, 0.25) is 0 Å². The van der Waals surface area contributed by atoms with Crippen LogP contribution in [0.5, 0.6) is 0 Å². The third kappa shape index (κ3) is 11.1. The fourth-order valence-corrected chi connectivity index (χ4v) is 4.55. The number of benzene rings is 2. The third-order valence-electron chi connectivity index (χ3n) is 5.36. The third-order valence-corrected chi connectivity index (χ3v) is 6.36. The zero-order valence-corrected chi connectivity index (χ0v) is 23.4. The van der Waals surface area contributed by atoms with Gasteiger partial charge in [0.2, 0.25) is 0 Å². The van der Waals surface area contributed by atoms with Crippen molar-refractivity contribution in [1.29, 1.82) is 0 Å². The lowest BCUT2D eigenvalue weighted by molar-refractivity contribution is -0.107. The van der Waals surface area contributed by atoms with Crippen molar-refractivity contribution in [2.24, 2.45) is 5.73 Å². The molecule has 0 aliphatic carbocycles. The second kappa shape index (κ2) is 17.3. The Morgan fingerprint density at radius 2 is 1.59 bits per heavy atom. The van der Waals surface area contributed by atoms with E-state index in [1.54, 1.807) is 11.8 Å². The summed E-state index contributed by atoms with van der Waals surface area (Å²) < 4.78 is 2.07. The van der Waals surface area contributed by atoms with Crippen LogP contribution in [-0.2, 0) is 17.0 Å². The van der Waals surface area contributed by atoms with Crippen LogP contribution < -0.4 is 5.73 Å². The van der Waals surface area contributed by atoms with Gasteiger partial charge in [0.1, 0.15) is 12.1 Å². The molecule has 2 N–H and O–H groups in total. The van der Waals surface area contributed by atoms with E-state index in [0.29, 0.717) is 12.8 Å². The van der Waals surface area contributed by atoms with Crippen LogP contribution in [0.25, 0.3) is 5.69 Å². The van der Waals surface area contributed by atoms with Crippen molar-refractivity contribution in [3.05, 3.63) is 107 Å². The summed E-state index contributed by atoms with van der Waals surface area (Å²) in [4.78, 5) is 10.8. The Labute approximate surface area is 226 Å². The number of aryl methyl sites for hydroxylation is 4. The first-order valence-electron chi connectivity index (χ1n) is 12.8. The lowest BCUT2D eigenvalue weighted by Gasteiger charge is -2.10. The predicted molar refractivity (Wildman–Crippen MR) is 157 cm³/mol. The van der Waals surface area contributed by atoms with E-state index in [2.05, 4.69) is 90.2 Å². The highest BCUT2D eigenvalue weighted by Gasteiger charge is 2.14. The Hall–Kier alpha value is -3.22. The molecule has 3 rings (SSSR count). The number of nitrogens with zero attached hydrogens (tertiary/aromatic N) is 3. The van der Waals surface area contributed by atoms with E-state index < -0.39 is 0 Å². The summed E-state index contributed by atoms with van der Waals surface area (Å²) in [7, 11) is 0. The van der Waals surface area contributed by atoms with Crippen LogP contribution >= 0.6 is 11.8 Å². The summed E-state index contributed by atoms with van der Waals surface area (Å²) in [6, 6.07) is 14.9. The number of hydrogen-bond donors (Lipinski definition) is 1. The molecule has 0 amide bonds. The zero-order valence-electron chi connectivity index (χ0n) is 22.6. The van der Waals surface area contributed by atoms with E-state index in [-0.39, 0.29) is 0 Å².